The Kier molecular flexibility index (Phi) is 8.35. The van der Waals surface area contributed by atoms with Gasteiger partial charge in [0.2, 0.25) is 0 Å². The molecule has 0 amide bonds. The Morgan fingerprint density at radius 2 is 1.75 bits per heavy atom. The standard InChI is InChI=1S/C23H35ClO4/c1-23(2,3)22(28)16-12-10-15(11-13-16)21-17(18(24)14-19(21)25)8-6-4-5-7-9-20(26)27/h10-13,17-19,21-22,25,28H,4-9,14H2,1-3H3,(H,26,27)/t17-,18-,19+,21+,22?/m0/s1. The fraction of sp³-hybridized carbons (Fsp3) is 0.696. The van der Waals surface area contributed by atoms with Gasteiger partial charge in [-0.2, -0.15) is 0 Å². The Balaban J connectivity index is 1.98. The molecule has 0 bridgehead atoms. The first-order chi connectivity index (χ1) is 13.1. The van der Waals surface area contributed by atoms with E-state index in [2.05, 4.69) is 0 Å². The number of hydrogen-bond acceptors (Lipinski definition) is 3. The van der Waals surface area contributed by atoms with Gasteiger partial charge in [0.15, 0.2) is 0 Å². The molecule has 28 heavy (non-hydrogen) atoms. The number of unbranched alkanes of at least 4 members (excludes halogenated alkanes) is 3. The highest BCUT2D eigenvalue weighted by molar-refractivity contribution is 6.21. The van der Waals surface area contributed by atoms with E-state index in [1.165, 1.54) is 0 Å². The number of aliphatic hydroxyl groups excluding tert-OH is 2. The molecule has 158 valence electrons. The summed E-state index contributed by atoms with van der Waals surface area (Å²) >= 11 is 6.56. The summed E-state index contributed by atoms with van der Waals surface area (Å²) in [4.78, 5) is 10.6. The van der Waals surface area contributed by atoms with Crippen molar-refractivity contribution in [1.29, 1.82) is 0 Å². The predicted molar refractivity (Wildman–Crippen MR) is 113 cm³/mol. The molecule has 5 atom stereocenters. The first-order valence-electron chi connectivity index (χ1n) is 10.4. The number of alkyl halides is 1. The van der Waals surface area contributed by atoms with Crippen LogP contribution in [0.3, 0.4) is 0 Å². The van der Waals surface area contributed by atoms with E-state index < -0.39 is 18.2 Å². The molecule has 0 saturated heterocycles. The molecule has 0 heterocycles. The molecular formula is C23H35ClO4. The fourth-order valence-corrected chi connectivity index (χ4v) is 4.77. The summed E-state index contributed by atoms with van der Waals surface area (Å²) in [6.45, 7) is 6.03. The lowest BCUT2D eigenvalue weighted by Crippen LogP contribution is -2.20. The minimum Gasteiger partial charge on any atom is -0.481 e. The van der Waals surface area contributed by atoms with Crippen molar-refractivity contribution in [3.63, 3.8) is 0 Å². The second kappa shape index (κ2) is 10.1. The summed E-state index contributed by atoms with van der Waals surface area (Å²) in [6, 6.07) is 7.96. The molecule has 2 rings (SSSR count). The smallest absolute Gasteiger partial charge is 0.303 e. The monoisotopic (exact) mass is 410 g/mol. The van der Waals surface area contributed by atoms with Gasteiger partial charge >= 0.3 is 5.97 Å². The Bertz CT molecular complexity index is 622. The Hall–Kier alpha value is -1.10. The minimum atomic E-state index is -0.736. The average Bonchev–Trinajstić information content (AvgIpc) is 2.90. The van der Waals surface area contributed by atoms with Crippen molar-refractivity contribution in [2.75, 3.05) is 0 Å². The van der Waals surface area contributed by atoms with Gasteiger partial charge in [0.05, 0.1) is 12.2 Å². The van der Waals surface area contributed by atoms with Crippen molar-refractivity contribution >= 4 is 17.6 Å². The number of benzene rings is 1. The molecule has 0 aromatic heterocycles. The third-order valence-electron chi connectivity index (χ3n) is 5.94. The van der Waals surface area contributed by atoms with Gasteiger partial charge < -0.3 is 15.3 Å². The fourth-order valence-electron chi connectivity index (χ4n) is 4.30. The summed E-state index contributed by atoms with van der Waals surface area (Å²) in [6.07, 6.45) is 4.42. The molecule has 1 aromatic carbocycles. The molecule has 3 N–H and O–H groups in total. The number of hydrogen-bond donors (Lipinski definition) is 3. The first kappa shape index (κ1) is 23.2. The Morgan fingerprint density at radius 1 is 1.14 bits per heavy atom. The number of aliphatic carboxylic acids is 1. The van der Waals surface area contributed by atoms with Gasteiger partial charge in [-0.1, -0.05) is 64.3 Å². The van der Waals surface area contributed by atoms with Gasteiger partial charge in [0, 0.05) is 17.7 Å². The van der Waals surface area contributed by atoms with Gasteiger partial charge in [-0.3, -0.25) is 4.79 Å². The summed E-state index contributed by atoms with van der Waals surface area (Å²) < 4.78 is 0. The van der Waals surface area contributed by atoms with Crippen molar-refractivity contribution in [2.24, 2.45) is 11.3 Å². The van der Waals surface area contributed by atoms with Crippen LogP contribution < -0.4 is 0 Å². The molecule has 1 aliphatic carbocycles. The normalized spacial score (nSPS) is 26.4. The van der Waals surface area contributed by atoms with E-state index >= 15 is 0 Å². The Labute approximate surface area is 173 Å². The number of rotatable bonds is 9. The lowest BCUT2D eigenvalue weighted by atomic mass is 9.81. The zero-order valence-corrected chi connectivity index (χ0v) is 18.0. The molecule has 1 aromatic rings. The van der Waals surface area contributed by atoms with Crippen molar-refractivity contribution in [3.8, 4) is 0 Å². The van der Waals surface area contributed by atoms with E-state index in [-0.39, 0.29) is 29.0 Å². The van der Waals surface area contributed by atoms with Crippen LogP contribution in [0.2, 0.25) is 0 Å². The van der Waals surface area contributed by atoms with Crippen LogP contribution in [-0.2, 0) is 4.79 Å². The molecule has 0 radical (unpaired) electrons. The summed E-state index contributed by atoms with van der Waals surface area (Å²) in [5, 5.41) is 29.7. The molecule has 1 aliphatic rings. The van der Waals surface area contributed by atoms with Crippen LogP contribution in [0.15, 0.2) is 24.3 Å². The lowest BCUT2D eigenvalue weighted by molar-refractivity contribution is -0.137. The van der Waals surface area contributed by atoms with Crippen LogP contribution in [-0.4, -0.2) is 32.8 Å². The second-order valence-electron chi connectivity index (χ2n) is 9.29. The second-order valence-corrected chi connectivity index (χ2v) is 9.85. The van der Waals surface area contributed by atoms with E-state index in [0.29, 0.717) is 12.8 Å². The number of aliphatic hydroxyl groups is 2. The molecule has 5 heteroatoms. The van der Waals surface area contributed by atoms with Crippen molar-refractivity contribution in [3.05, 3.63) is 35.4 Å². The van der Waals surface area contributed by atoms with Crippen LogP contribution in [0.5, 0.6) is 0 Å². The average molecular weight is 411 g/mol. The van der Waals surface area contributed by atoms with Gasteiger partial charge in [-0.05, 0) is 41.7 Å². The summed E-state index contributed by atoms with van der Waals surface area (Å²) in [5.41, 5.74) is 1.75. The molecule has 4 nitrogen and oxygen atoms in total. The predicted octanol–water partition coefficient (Wildman–Crippen LogP) is 5.26. The first-order valence-corrected chi connectivity index (χ1v) is 10.9. The highest BCUT2D eigenvalue weighted by Gasteiger charge is 2.41. The van der Waals surface area contributed by atoms with Crippen molar-refractivity contribution in [1.82, 2.24) is 0 Å². The van der Waals surface area contributed by atoms with E-state index in [4.69, 9.17) is 16.7 Å². The number of halogens is 1. The number of carbonyl (C=O) groups is 1. The maximum absolute atomic E-state index is 10.6. The third kappa shape index (κ3) is 6.20. The van der Waals surface area contributed by atoms with Gasteiger partial charge in [-0.15, -0.1) is 11.6 Å². The molecular weight excluding hydrogens is 376 g/mol. The summed E-state index contributed by atoms with van der Waals surface area (Å²) in [7, 11) is 0. The molecule has 1 unspecified atom stereocenters. The highest BCUT2D eigenvalue weighted by Crippen LogP contribution is 2.45. The van der Waals surface area contributed by atoms with Crippen molar-refractivity contribution < 1.29 is 20.1 Å². The van der Waals surface area contributed by atoms with Crippen LogP contribution in [0.25, 0.3) is 0 Å². The van der Waals surface area contributed by atoms with Crippen LogP contribution in [0.4, 0.5) is 0 Å². The van der Waals surface area contributed by atoms with E-state index in [9.17, 15) is 15.0 Å². The maximum Gasteiger partial charge on any atom is 0.303 e. The van der Waals surface area contributed by atoms with Crippen LogP contribution in [0.1, 0.15) is 88.9 Å². The molecule has 0 aliphatic heterocycles. The Morgan fingerprint density at radius 3 is 2.32 bits per heavy atom. The van der Waals surface area contributed by atoms with E-state index in [1.807, 2.05) is 45.0 Å². The zero-order valence-electron chi connectivity index (χ0n) is 17.3. The van der Waals surface area contributed by atoms with Crippen LogP contribution >= 0.6 is 11.6 Å². The van der Waals surface area contributed by atoms with Gasteiger partial charge in [0.1, 0.15) is 0 Å². The lowest BCUT2D eigenvalue weighted by Gasteiger charge is -2.27. The quantitative estimate of drug-likeness (QED) is 0.383. The third-order valence-corrected chi connectivity index (χ3v) is 6.44. The topological polar surface area (TPSA) is 77.8 Å². The molecule has 1 fully saturated rings. The van der Waals surface area contributed by atoms with Crippen molar-refractivity contribution in [2.45, 2.75) is 89.2 Å². The van der Waals surface area contributed by atoms with Gasteiger partial charge in [0.25, 0.3) is 0 Å². The number of carboxylic acids is 1. The summed E-state index contributed by atoms with van der Waals surface area (Å²) in [5.74, 6) is -0.503. The SMILES string of the molecule is CC(C)(C)C(O)c1ccc([C@@H]2[C@@H](CCCCCCC(=O)O)[C@@H](Cl)C[C@H]2O)cc1. The molecule has 0 spiro atoms. The molecule has 1 saturated carbocycles. The highest BCUT2D eigenvalue weighted by atomic mass is 35.5. The van der Waals surface area contributed by atoms with E-state index in [1.54, 1.807) is 0 Å². The zero-order chi connectivity index (χ0) is 20.9. The van der Waals surface area contributed by atoms with Gasteiger partial charge in [-0.25, -0.2) is 0 Å². The minimum absolute atomic E-state index is 0.0161. The maximum atomic E-state index is 10.6. The van der Waals surface area contributed by atoms with Crippen LogP contribution in [0, 0.1) is 11.3 Å². The largest absolute Gasteiger partial charge is 0.481 e. The van der Waals surface area contributed by atoms with E-state index in [0.717, 1.165) is 36.8 Å². The number of carboxylic acid groups (broad SMARTS) is 1.